The lowest BCUT2D eigenvalue weighted by Gasteiger charge is -2.25. The van der Waals surface area contributed by atoms with Crippen LogP contribution in [0, 0.1) is 0 Å². The van der Waals surface area contributed by atoms with Crippen LogP contribution in [0.2, 0.25) is 0 Å². The van der Waals surface area contributed by atoms with Crippen molar-refractivity contribution >= 4 is 29.3 Å². The Bertz CT molecular complexity index is 1080. The Morgan fingerprint density at radius 1 is 1.13 bits per heavy atom. The highest BCUT2D eigenvalue weighted by molar-refractivity contribution is 6.11. The summed E-state index contributed by atoms with van der Waals surface area (Å²) >= 11 is 0. The van der Waals surface area contributed by atoms with Gasteiger partial charge < -0.3 is 20.1 Å². The van der Waals surface area contributed by atoms with Gasteiger partial charge in [-0.3, -0.25) is 19.3 Å². The second-order valence-corrected chi connectivity index (χ2v) is 7.30. The van der Waals surface area contributed by atoms with Crippen molar-refractivity contribution in [1.82, 2.24) is 10.2 Å². The quantitative estimate of drug-likeness (QED) is 0.545. The number of carbonyl (C=O) groups is 4. The number of nitrogens with zero attached hydrogens (tertiary/aromatic N) is 1. The van der Waals surface area contributed by atoms with E-state index in [9.17, 15) is 19.2 Å². The van der Waals surface area contributed by atoms with Gasteiger partial charge >= 0.3 is 6.03 Å². The Morgan fingerprint density at radius 2 is 1.81 bits per heavy atom. The molecule has 2 aliphatic heterocycles. The number of ether oxygens (including phenoxy) is 2. The van der Waals surface area contributed by atoms with Crippen LogP contribution in [0.1, 0.15) is 36.2 Å². The van der Waals surface area contributed by atoms with Crippen molar-refractivity contribution in [1.29, 1.82) is 0 Å². The summed E-state index contributed by atoms with van der Waals surface area (Å²) in [5.41, 5.74) is -0.115. The van der Waals surface area contributed by atoms with Gasteiger partial charge in [0.25, 0.3) is 5.91 Å². The van der Waals surface area contributed by atoms with Gasteiger partial charge in [0.15, 0.2) is 17.3 Å². The maximum Gasteiger partial charge on any atom is 0.325 e. The summed E-state index contributed by atoms with van der Waals surface area (Å²) in [5.74, 6) is -0.599. The molecule has 0 unspecified atom stereocenters. The van der Waals surface area contributed by atoms with Crippen molar-refractivity contribution in [3.63, 3.8) is 0 Å². The van der Waals surface area contributed by atoms with Gasteiger partial charge in [0.2, 0.25) is 12.7 Å². The van der Waals surface area contributed by atoms with Crippen LogP contribution in [-0.2, 0) is 15.1 Å². The third kappa shape index (κ3) is 3.48. The van der Waals surface area contributed by atoms with E-state index in [2.05, 4.69) is 10.6 Å². The number of imide groups is 1. The van der Waals surface area contributed by atoms with E-state index in [0.29, 0.717) is 23.5 Å². The zero-order valence-electron chi connectivity index (χ0n) is 17.1. The van der Waals surface area contributed by atoms with Crippen molar-refractivity contribution in [3.05, 3.63) is 53.6 Å². The molecule has 0 saturated carbocycles. The summed E-state index contributed by atoms with van der Waals surface area (Å²) in [6, 6.07) is 11.2. The van der Waals surface area contributed by atoms with Crippen molar-refractivity contribution < 1.29 is 28.7 Å². The molecular weight excluding hydrogens is 402 g/mol. The van der Waals surface area contributed by atoms with Crippen LogP contribution in [0.15, 0.2) is 42.5 Å². The Balaban J connectivity index is 1.55. The van der Waals surface area contributed by atoms with Crippen LogP contribution in [-0.4, -0.2) is 41.9 Å². The molecule has 2 N–H and O–H groups in total. The number of amides is 4. The Kier molecular flexibility index (Phi) is 5.10. The third-order valence-corrected chi connectivity index (χ3v) is 5.44. The van der Waals surface area contributed by atoms with E-state index >= 15 is 0 Å². The second kappa shape index (κ2) is 7.75. The maximum atomic E-state index is 13.2. The Morgan fingerprint density at radius 3 is 2.45 bits per heavy atom. The highest BCUT2D eigenvalue weighted by atomic mass is 16.7. The minimum atomic E-state index is -1.22. The zero-order valence-corrected chi connectivity index (χ0v) is 17.1. The molecular formula is C22H21N3O6. The lowest BCUT2D eigenvalue weighted by atomic mass is 9.87. The van der Waals surface area contributed by atoms with E-state index in [0.717, 1.165) is 4.90 Å². The van der Waals surface area contributed by atoms with Gasteiger partial charge in [0, 0.05) is 11.6 Å². The van der Waals surface area contributed by atoms with Crippen LogP contribution >= 0.6 is 0 Å². The normalized spacial score (nSPS) is 19.4. The smallest absolute Gasteiger partial charge is 0.325 e. The molecule has 0 bridgehead atoms. The molecule has 0 spiro atoms. The van der Waals surface area contributed by atoms with E-state index in [1.54, 1.807) is 31.2 Å². The molecule has 31 heavy (non-hydrogen) atoms. The average molecular weight is 423 g/mol. The Labute approximate surface area is 178 Å². The molecule has 2 aliphatic rings. The summed E-state index contributed by atoms with van der Waals surface area (Å²) in [6.07, 6.45) is 0.330. The fraction of sp³-hybridized carbons (Fsp3) is 0.273. The van der Waals surface area contributed by atoms with Crippen LogP contribution in [0.25, 0.3) is 0 Å². The molecule has 9 nitrogen and oxygen atoms in total. The first-order valence-electron chi connectivity index (χ1n) is 9.80. The van der Waals surface area contributed by atoms with E-state index in [4.69, 9.17) is 9.47 Å². The number of carbonyl (C=O) groups excluding carboxylic acids is 4. The van der Waals surface area contributed by atoms with Crippen LogP contribution < -0.4 is 20.1 Å². The van der Waals surface area contributed by atoms with Gasteiger partial charge in [-0.15, -0.1) is 0 Å². The van der Waals surface area contributed by atoms with Gasteiger partial charge in [0.05, 0.1) is 5.69 Å². The van der Waals surface area contributed by atoms with Crippen molar-refractivity contribution in [2.75, 3.05) is 18.7 Å². The highest BCUT2D eigenvalue weighted by Gasteiger charge is 2.51. The van der Waals surface area contributed by atoms with Crippen molar-refractivity contribution in [2.24, 2.45) is 0 Å². The van der Waals surface area contributed by atoms with E-state index in [-0.39, 0.29) is 23.8 Å². The first kappa shape index (κ1) is 20.4. The molecule has 4 rings (SSSR count). The van der Waals surface area contributed by atoms with Crippen LogP contribution in [0.5, 0.6) is 11.5 Å². The molecule has 2 aromatic rings. The standard InChI is InChI=1S/C22H21N3O6/c1-3-22(14-7-5-4-6-8-14)20(28)25(21(29)24-22)11-19(27)23-16-10-18-17(30-12-31-18)9-15(16)13(2)26/h4-10H,3,11-12H2,1-2H3,(H,23,27)(H,24,29)/t22-/m1/s1. The first-order chi connectivity index (χ1) is 14.9. The number of nitrogens with one attached hydrogen (secondary N) is 2. The minimum Gasteiger partial charge on any atom is -0.454 e. The number of Topliss-reactive ketones (excluding diaryl/α,β-unsaturated/α-hetero) is 1. The maximum absolute atomic E-state index is 13.2. The summed E-state index contributed by atoms with van der Waals surface area (Å²) < 4.78 is 10.6. The molecule has 4 amide bonds. The molecule has 1 fully saturated rings. The predicted octanol–water partition coefficient (Wildman–Crippen LogP) is 2.41. The minimum absolute atomic E-state index is 0.0190. The summed E-state index contributed by atoms with van der Waals surface area (Å²) in [5, 5.41) is 5.34. The number of hydrogen-bond donors (Lipinski definition) is 2. The summed E-state index contributed by atoms with van der Waals surface area (Å²) in [7, 11) is 0. The molecule has 1 atom stereocenters. The fourth-order valence-corrected chi connectivity index (χ4v) is 3.80. The lowest BCUT2D eigenvalue weighted by molar-refractivity contribution is -0.134. The van der Waals surface area contributed by atoms with E-state index in [1.165, 1.54) is 19.1 Å². The number of urea groups is 1. The first-order valence-corrected chi connectivity index (χ1v) is 9.80. The average Bonchev–Trinajstić information content (AvgIpc) is 3.31. The van der Waals surface area contributed by atoms with Crippen LogP contribution in [0.3, 0.4) is 0 Å². The Hall–Kier alpha value is -3.88. The largest absolute Gasteiger partial charge is 0.454 e. The lowest BCUT2D eigenvalue weighted by Crippen LogP contribution is -2.44. The number of rotatable bonds is 6. The SMILES string of the molecule is CC[C@]1(c2ccccc2)NC(=O)N(CC(=O)Nc2cc3c(cc2C(C)=O)OCO3)C1=O. The van der Waals surface area contributed by atoms with E-state index < -0.39 is 29.9 Å². The topological polar surface area (TPSA) is 114 Å². The molecule has 160 valence electrons. The molecule has 2 heterocycles. The molecule has 9 heteroatoms. The monoisotopic (exact) mass is 423 g/mol. The summed E-state index contributed by atoms with van der Waals surface area (Å²) in [6.45, 7) is 2.68. The zero-order chi connectivity index (χ0) is 22.2. The van der Waals surface area contributed by atoms with Gasteiger partial charge in [-0.25, -0.2) is 4.79 Å². The van der Waals surface area contributed by atoms with Gasteiger partial charge in [0.1, 0.15) is 12.1 Å². The van der Waals surface area contributed by atoms with E-state index in [1.807, 2.05) is 6.07 Å². The third-order valence-electron chi connectivity index (χ3n) is 5.44. The number of fused-ring (bicyclic) bond motifs is 1. The van der Waals surface area contributed by atoms with Gasteiger partial charge in [-0.05, 0) is 25.0 Å². The van der Waals surface area contributed by atoms with Crippen molar-refractivity contribution in [3.8, 4) is 11.5 Å². The highest BCUT2D eigenvalue weighted by Crippen LogP contribution is 2.37. The summed E-state index contributed by atoms with van der Waals surface area (Å²) in [4.78, 5) is 51.3. The molecule has 2 aromatic carbocycles. The molecule has 0 aromatic heterocycles. The molecule has 0 radical (unpaired) electrons. The van der Waals surface area contributed by atoms with Crippen LogP contribution in [0.4, 0.5) is 10.5 Å². The second-order valence-electron chi connectivity index (χ2n) is 7.30. The number of ketones is 1. The number of hydrogen-bond acceptors (Lipinski definition) is 6. The number of benzene rings is 2. The predicted molar refractivity (Wildman–Crippen MR) is 110 cm³/mol. The fourth-order valence-electron chi connectivity index (χ4n) is 3.80. The van der Waals surface area contributed by atoms with Gasteiger partial charge in [-0.2, -0.15) is 0 Å². The van der Waals surface area contributed by atoms with Crippen molar-refractivity contribution in [2.45, 2.75) is 25.8 Å². The number of anilines is 1. The van der Waals surface area contributed by atoms with Gasteiger partial charge in [-0.1, -0.05) is 37.3 Å². The molecule has 0 aliphatic carbocycles. The molecule has 1 saturated heterocycles.